The Labute approximate surface area is 185 Å². The fourth-order valence-electron chi connectivity index (χ4n) is 3.39. The molecule has 2 aromatic heterocycles. The highest BCUT2D eigenvalue weighted by Crippen LogP contribution is 2.35. The van der Waals surface area contributed by atoms with Crippen molar-refractivity contribution < 1.29 is 18.0 Å². The lowest BCUT2D eigenvalue weighted by Crippen LogP contribution is -2.28. The summed E-state index contributed by atoms with van der Waals surface area (Å²) in [5, 5.41) is 4.47. The Morgan fingerprint density at radius 2 is 1.88 bits per heavy atom. The Morgan fingerprint density at radius 1 is 1.12 bits per heavy atom. The molecular formula is C23H18F3N3O2S. The molecule has 0 spiro atoms. The number of benzene rings is 2. The van der Waals surface area contributed by atoms with Crippen LogP contribution < -0.4 is 10.9 Å². The van der Waals surface area contributed by atoms with Crippen molar-refractivity contribution >= 4 is 33.1 Å². The molecule has 1 amide bonds. The van der Waals surface area contributed by atoms with Crippen LogP contribution in [0.4, 0.5) is 18.9 Å². The summed E-state index contributed by atoms with van der Waals surface area (Å²) in [6.45, 7) is 3.51. The third kappa shape index (κ3) is 4.16. The van der Waals surface area contributed by atoms with Crippen LogP contribution in [0.5, 0.6) is 0 Å². The first kappa shape index (κ1) is 21.8. The Kier molecular flexibility index (Phi) is 5.60. The van der Waals surface area contributed by atoms with Crippen LogP contribution in [0.2, 0.25) is 0 Å². The smallest absolute Gasteiger partial charge is 0.324 e. The first-order valence-electron chi connectivity index (χ1n) is 9.65. The number of halogens is 3. The molecule has 0 atom stereocenters. The van der Waals surface area contributed by atoms with Gasteiger partial charge in [-0.1, -0.05) is 30.3 Å². The van der Waals surface area contributed by atoms with Gasteiger partial charge >= 0.3 is 6.18 Å². The van der Waals surface area contributed by atoms with Gasteiger partial charge < -0.3 is 5.32 Å². The van der Waals surface area contributed by atoms with E-state index in [4.69, 9.17) is 0 Å². The fraction of sp³-hybridized carbons (Fsp3) is 0.174. The van der Waals surface area contributed by atoms with Gasteiger partial charge in [-0.25, -0.2) is 4.98 Å². The van der Waals surface area contributed by atoms with Crippen LogP contribution in [0, 0.1) is 13.8 Å². The zero-order valence-corrected chi connectivity index (χ0v) is 18.0. The number of aromatic nitrogens is 2. The molecule has 0 saturated heterocycles. The van der Waals surface area contributed by atoms with Crippen molar-refractivity contribution in [2.75, 3.05) is 5.32 Å². The third-order valence-corrected chi connectivity index (χ3v) is 6.09. The topological polar surface area (TPSA) is 64.0 Å². The summed E-state index contributed by atoms with van der Waals surface area (Å²) < 4.78 is 40.6. The van der Waals surface area contributed by atoms with Crippen molar-refractivity contribution in [2.45, 2.75) is 26.6 Å². The number of carbonyl (C=O) groups excluding carboxylic acids is 1. The standard InChI is InChI=1S/C23H18F3N3O2S/c1-13-7-8-15(9-14(13)2)16-11-32-21-20(16)22(31)29(12-27-21)10-19(30)28-18-6-4-3-5-17(18)23(24,25)26/h3-9,11-12H,10H2,1-2H3,(H,28,30). The molecule has 2 aromatic carbocycles. The number of nitrogens with one attached hydrogen (secondary N) is 1. The van der Waals surface area contributed by atoms with Crippen LogP contribution in [-0.4, -0.2) is 15.5 Å². The lowest BCUT2D eigenvalue weighted by molar-refractivity contribution is -0.137. The molecule has 32 heavy (non-hydrogen) atoms. The maximum absolute atomic E-state index is 13.2. The van der Waals surface area contributed by atoms with Crippen LogP contribution in [0.3, 0.4) is 0 Å². The van der Waals surface area contributed by atoms with Crippen LogP contribution >= 0.6 is 11.3 Å². The maximum atomic E-state index is 13.2. The number of aryl methyl sites for hydroxylation is 2. The minimum atomic E-state index is -4.61. The molecule has 0 aliphatic heterocycles. The molecule has 2 heterocycles. The van der Waals surface area contributed by atoms with E-state index >= 15 is 0 Å². The van der Waals surface area contributed by atoms with Crippen LogP contribution in [0.15, 0.2) is 59.0 Å². The first-order chi connectivity index (χ1) is 15.1. The average Bonchev–Trinajstić information content (AvgIpc) is 3.17. The number of amides is 1. The molecule has 0 radical (unpaired) electrons. The normalized spacial score (nSPS) is 11.7. The molecule has 0 bridgehead atoms. The number of para-hydroxylation sites is 1. The molecule has 9 heteroatoms. The Balaban J connectivity index is 1.66. The highest BCUT2D eigenvalue weighted by Gasteiger charge is 2.33. The molecule has 4 rings (SSSR count). The minimum absolute atomic E-state index is 0.363. The highest BCUT2D eigenvalue weighted by molar-refractivity contribution is 7.17. The van der Waals surface area contributed by atoms with Crippen LogP contribution in [0.1, 0.15) is 16.7 Å². The predicted molar refractivity (Wildman–Crippen MR) is 119 cm³/mol. The molecule has 0 saturated carbocycles. The molecule has 0 aliphatic carbocycles. The van der Waals surface area contributed by atoms with E-state index < -0.39 is 29.8 Å². The van der Waals surface area contributed by atoms with E-state index in [1.807, 2.05) is 37.4 Å². The number of anilines is 1. The van der Waals surface area contributed by atoms with E-state index in [0.717, 1.165) is 27.3 Å². The summed E-state index contributed by atoms with van der Waals surface area (Å²) in [5.74, 6) is -0.757. The van der Waals surface area contributed by atoms with Crippen LogP contribution in [0.25, 0.3) is 21.3 Å². The number of rotatable bonds is 4. The second kappa shape index (κ2) is 8.23. The zero-order chi connectivity index (χ0) is 23.0. The Morgan fingerprint density at radius 3 is 2.59 bits per heavy atom. The lowest BCUT2D eigenvalue weighted by Gasteiger charge is -2.14. The summed E-state index contributed by atoms with van der Waals surface area (Å²) in [6.07, 6.45) is -3.38. The number of carbonyl (C=O) groups is 1. The van der Waals surface area contributed by atoms with E-state index in [9.17, 15) is 22.8 Å². The van der Waals surface area contributed by atoms with Gasteiger partial charge in [0.2, 0.25) is 5.91 Å². The van der Waals surface area contributed by atoms with Gasteiger partial charge in [0.1, 0.15) is 11.4 Å². The van der Waals surface area contributed by atoms with Gasteiger partial charge in [0, 0.05) is 10.9 Å². The highest BCUT2D eigenvalue weighted by atomic mass is 32.1. The number of fused-ring (bicyclic) bond motifs is 1. The van der Waals surface area contributed by atoms with E-state index in [1.165, 1.54) is 35.9 Å². The van der Waals surface area contributed by atoms with Crippen molar-refractivity contribution in [3.63, 3.8) is 0 Å². The number of thiophene rings is 1. The van der Waals surface area contributed by atoms with Crippen molar-refractivity contribution in [2.24, 2.45) is 0 Å². The lowest BCUT2D eigenvalue weighted by atomic mass is 10.0. The number of nitrogens with zero attached hydrogens (tertiary/aromatic N) is 2. The van der Waals surface area contributed by atoms with Crippen molar-refractivity contribution in [1.82, 2.24) is 9.55 Å². The second-order valence-electron chi connectivity index (χ2n) is 7.40. The monoisotopic (exact) mass is 457 g/mol. The van der Waals surface area contributed by atoms with Gasteiger partial charge in [0.15, 0.2) is 0 Å². The number of hydrogen-bond acceptors (Lipinski definition) is 4. The van der Waals surface area contributed by atoms with Gasteiger partial charge in [-0.15, -0.1) is 11.3 Å². The van der Waals surface area contributed by atoms with Gasteiger partial charge in [-0.2, -0.15) is 13.2 Å². The summed E-state index contributed by atoms with van der Waals surface area (Å²) in [4.78, 5) is 30.4. The molecule has 1 N–H and O–H groups in total. The Bertz CT molecular complexity index is 1390. The average molecular weight is 457 g/mol. The van der Waals surface area contributed by atoms with E-state index in [1.54, 1.807) is 0 Å². The van der Waals surface area contributed by atoms with Gasteiger partial charge in [0.05, 0.1) is 23.0 Å². The SMILES string of the molecule is Cc1ccc(-c2csc3ncn(CC(=O)Nc4ccccc4C(F)(F)F)c(=O)c23)cc1C. The molecule has 0 fully saturated rings. The number of alkyl halides is 3. The molecule has 4 aromatic rings. The van der Waals surface area contributed by atoms with Gasteiger partial charge in [0.25, 0.3) is 5.56 Å². The first-order valence-corrected chi connectivity index (χ1v) is 10.5. The molecule has 0 unspecified atom stereocenters. The second-order valence-corrected chi connectivity index (χ2v) is 8.26. The summed E-state index contributed by atoms with van der Waals surface area (Å²) in [5.41, 5.74) is 2.03. The van der Waals surface area contributed by atoms with E-state index in [2.05, 4.69) is 10.3 Å². The summed E-state index contributed by atoms with van der Waals surface area (Å²) in [6, 6.07) is 10.6. The van der Waals surface area contributed by atoms with Gasteiger partial charge in [-0.3, -0.25) is 14.2 Å². The van der Waals surface area contributed by atoms with Crippen LogP contribution in [-0.2, 0) is 17.5 Å². The largest absolute Gasteiger partial charge is 0.418 e. The fourth-order valence-corrected chi connectivity index (χ4v) is 4.29. The van der Waals surface area contributed by atoms with Crippen molar-refractivity contribution in [3.8, 4) is 11.1 Å². The number of hydrogen-bond donors (Lipinski definition) is 1. The van der Waals surface area contributed by atoms with Gasteiger partial charge in [-0.05, 0) is 42.7 Å². The predicted octanol–water partition coefficient (Wildman–Crippen LogP) is 5.40. The van der Waals surface area contributed by atoms with Crippen molar-refractivity contribution in [1.29, 1.82) is 0 Å². The molecule has 5 nitrogen and oxygen atoms in total. The zero-order valence-electron chi connectivity index (χ0n) is 17.2. The summed E-state index contributed by atoms with van der Waals surface area (Å²) in [7, 11) is 0. The summed E-state index contributed by atoms with van der Waals surface area (Å²) >= 11 is 1.32. The van der Waals surface area contributed by atoms with E-state index in [0.29, 0.717) is 15.8 Å². The maximum Gasteiger partial charge on any atom is 0.418 e. The Hall–Kier alpha value is -3.46. The minimum Gasteiger partial charge on any atom is -0.324 e. The van der Waals surface area contributed by atoms with E-state index in [-0.39, 0.29) is 5.69 Å². The molecular weight excluding hydrogens is 439 g/mol. The van der Waals surface area contributed by atoms with Crippen molar-refractivity contribution in [3.05, 3.63) is 81.2 Å². The molecule has 164 valence electrons. The third-order valence-electron chi connectivity index (χ3n) is 5.20. The quantitative estimate of drug-likeness (QED) is 0.446. The molecule has 0 aliphatic rings.